The normalized spacial score (nSPS) is 19.2. The molecule has 1 aromatic heterocycles. The first kappa shape index (κ1) is 8.75. The molecule has 0 amide bonds. The maximum absolute atomic E-state index is 5.58. The zero-order chi connectivity index (χ0) is 9.10. The minimum Gasteiger partial charge on any atom is -0.448 e. The Kier molecular flexibility index (Phi) is 2.64. The maximum Gasteiger partial charge on any atom is 0.181 e. The number of hydrogen-bond acceptors (Lipinski definition) is 3. The third-order valence-electron chi connectivity index (χ3n) is 2.84. The van der Waals surface area contributed by atoms with Crippen molar-refractivity contribution in [2.75, 3.05) is 0 Å². The lowest BCUT2D eigenvalue weighted by atomic mass is 9.87. The van der Waals surface area contributed by atoms with Crippen LogP contribution in [0.1, 0.15) is 49.5 Å². The topological polar surface area (TPSA) is 52.0 Å². The second-order valence-electron chi connectivity index (χ2n) is 3.70. The molecule has 1 fully saturated rings. The molecule has 0 atom stereocenters. The van der Waals surface area contributed by atoms with Gasteiger partial charge in [0.2, 0.25) is 0 Å². The first-order valence-corrected chi connectivity index (χ1v) is 5.04. The van der Waals surface area contributed by atoms with Crippen molar-refractivity contribution in [3.05, 3.63) is 17.8 Å². The number of oxazole rings is 1. The van der Waals surface area contributed by atoms with Crippen LogP contribution in [0.4, 0.5) is 0 Å². The average molecular weight is 180 g/mol. The molecule has 0 bridgehead atoms. The predicted octanol–water partition coefficient (Wildman–Crippen LogP) is 2.18. The van der Waals surface area contributed by atoms with Crippen LogP contribution >= 0.6 is 0 Å². The van der Waals surface area contributed by atoms with E-state index >= 15 is 0 Å². The highest BCUT2D eigenvalue weighted by atomic mass is 16.3. The Morgan fingerprint density at radius 1 is 1.38 bits per heavy atom. The van der Waals surface area contributed by atoms with Crippen LogP contribution in [0.25, 0.3) is 0 Å². The van der Waals surface area contributed by atoms with Gasteiger partial charge in [-0.3, -0.25) is 0 Å². The van der Waals surface area contributed by atoms with Gasteiger partial charge < -0.3 is 10.2 Å². The monoisotopic (exact) mass is 180 g/mol. The smallest absolute Gasteiger partial charge is 0.181 e. The van der Waals surface area contributed by atoms with Crippen molar-refractivity contribution in [1.82, 2.24) is 4.98 Å². The van der Waals surface area contributed by atoms with Gasteiger partial charge >= 0.3 is 0 Å². The summed E-state index contributed by atoms with van der Waals surface area (Å²) in [7, 11) is 0. The Morgan fingerprint density at radius 2 is 2.15 bits per heavy atom. The molecule has 0 aromatic carbocycles. The van der Waals surface area contributed by atoms with E-state index in [9.17, 15) is 0 Å². The van der Waals surface area contributed by atoms with E-state index in [-0.39, 0.29) is 0 Å². The second-order valence-corrected chi connectivity index (χ2v) is 3.70. The van der Waals surface area contributed by atoms with Gasteiger partial charge in [-0.15, -0.1) is 0 Å². The van der Waals surface area contributed by atoms with Crippen molar-refractivity contribution < 1.29 is 4.42 Å². The molecule has 0 aliphatic heterocycles. The number of rotatable bonds is 2. The summed E-state index contributed by atoms with van der Waals surface area (Å²) in [5, 5.41) is 0. The zero-order valence-corrected chi connectivity index (χ0v) is 7.83. The molecule has 0 spiro atoms. The van der Waals surface area contributed by atoms with E-state index in [1.807, 2.05) is 0 Å². The SMILES string of the molecule is NCc1ncoc1C1CCCCC1. The van der Waals surface area contributed by atoms with E-state index in [1.54, 1.807) is 0 Å². The third-order valence-corrected chi connectivity index (χ3v) is 2.84. The highest BCUT2D eigenvalue weighted by Crippen LogP contribution is 2.33. The average Bonchev–Trinajstić information content (AvgIpc) is 2.67. The van der Waals surface area contributed by atoms with Gasteiger partial charge in [-0.2, -0.15) is 0 Å². The molecule has 1 aliphatic rings. The summed E-state index contributed by atoms with van der Waals surface area (Å²) < 4.78 is 5.40. The highest BCUT2D eigenvalue weighted by Gasteiger charge is 2.21. The van der Waals surface area contributed by atoms with E-state index in [0.29, 0.717) is 12.5 Å². The van der Waals surface area contributed by atoms with Crippen molar-refractivity contribution in [3.8, 4) is 0 Å². The summed E-state index contributed by atoms with van der Waals surface area (Å²) in [5.41, 5.74) is 6.53. The minimum absolute atomic E-state index is 0.502. The van der Waals surface area contributed by atoms with Gasteiger partial charge in [0.05, 0.1) is 5.69 Å². The lowest BCUT2D eigenvalue weighted by molar-refractivity contribution is 0.371. The van der Waals surface area contributed by atoms with Crippen LogP contribution in [0.3, 0.4) is 0 Å². The number of aromatic nitrogens is 1. The van der Waals surface area contributed by atoms with Crippen LogP contribution in [0.5, 0.6) is 0 Å². The molecular weight excluding hydrogens is 164 g/mol. The molecule has 2 N–H and O–H groups in total. The molecule has 3 heteroatoms. The third kappa shape index (κ3) is 1.75. The van der Waals surface area contributed by atoms with Gasteiger partial charge in [0.25, 0.3) is 0 Å². The van der Waals surface area contributed by atoms with Crippen molar-refractivity contribution in [1.29, 1.82) is 0 Å². The quantitative estimate of drug-likeness (QED) is 0.759. The van der Waals surface area contributed by atoms with Crippen molar-refractivity contribution in [2.24, 2.45) is 5.73 Å². The molecule has 1 aromatic rings. The maximum atomic E-state index is 5.58. The summed E-state index contributed by atoms with van der Waals surface area (Å²) >= 11 is 0. The standard InChI is InChI=1S/C10H16N2O/c11-6-9-10(13-7-12-9)8-4-2-1-3-5-8/h7-8H,1-6,11H2. The summed E-state index contributed by atoms with van der Waals surface area (Å²) in [6.45, 7) is 0.502. The summed E-state index contributed by atoms with van der Waals surface area (Å²) in [4.78, 5) is 4.12. The molecule has 13 heavy (non-hydrogen) atoms. The highest BCUT2D eigenvalue weighted by molar-refractivity contribution is 5.12. The Bertz CT molecular complexity index is 264. The number of hydrogen-bond donors (Lipinski definition) is 1. The number of nitrogens with two attached hydrogens (primary N) is 1. The van der Waals surface area contributed by atoms with Gasteiger partial charge in [0.15, 0.2) is 6.39 Å². The van der Waals surface area contributed by atoms with Crippen LogP contribution < -0.4 is 5.73 Å². The molecular formula is C10H16N2O. The zero-order valence-electron chi connectivity index (χ0n) is 7.83. The van der Waals surface area contributed by atoms with Crippen molar-refractivity contribution >= 4 is 0 Å². The summed E-state index contributed by atoms with van der Waals surface area (Å²) in [6.07, 6.45) is 7.99. The molecule has 72 valence electrons. The van der Waals surface area contributed by atoms with Gasteiger partial charge in [-0.25, -0.2) is 4.98 Å². The largest absolute Gasteiger partial charge is 0.448 e. The summed E-state index contributed by atoms with van der Waals surface area (Å²) in [5.74, 6) is 1.62. The van der Waals surface area contributed by atoms with Crippen LogP contribution in [0.2, 0.25) is 0 Å². The van der Waals surface area contributed by atoms with E-state index in [2.05, 4.69) is 4.98 Å². The van der Waals surface area contributed by atoms with E-state index in [4.69, 9.17) is 10.2 Å². The van der Waals surface area contributed by atoms with Crippen molar-refractivity contribution in [2.45, 2.75) is 44.6 Å². The molecule has 1 aliphatic carbocycles. The Balaban J connectivity index is 2.13. The minimum atomic E-state index is 0.502. The van der Waals surface area contributed by atoms with Crippen LogP contribution in [0, 0.1) is 0 Å². The fourth-order valence-corrected chi connectivity index (χ4v) is 2.13. The second kappa shape index (κ2) is 3.92. The van der Waals surface area contributed by atoms with E-state index < -0.39 is 0 Å². The number of nitrogens with zero attached hydrogens (tertiary/aromatic N) is 1. The van der Waals surface area contributed by atoms with Gasteiger partial charge in [0.1, 0.15) is 5.76 Å². The van der Waals surface area contributed by atoms with Gasteiger partial charge in [0, 0.05) is 12.5 Å². The van der Waals surface area contributed by atoms with Crippen LogP contribution in [-0.2, 0) is 6.54 Å². The fraction of sp³-hybridized carbons (Fsp3) is 0.700. The fourth-order valence-electron chi connectivity index (χ4n) is 2.13. The summed E-state index contributed by atoms with van der Waals surface area (Å²) in [6, 6.07) is 0. The molecule has 0 radical (unpaired) electrons. The Labute approximate surface area is 78.3 Å². The van der Waals surface area contributed by atoms with Crippen molar-refractivity contribution in [3.63, 3.8) is 0 Å². The van der Waals surface area contributed by atoms with Gasteiger partial charge in [-0.05, 0) is 12.8 Å². The van der Waals surface area contributed by atoms with E-state index in [1.165, 1.54) is 38.5 Å². The Morgan fingerprint density at radius 3 is 2.85 bits per heavy atom. The molecule has 1 saturated carbocycles. The molecule has 3 nitrogen and oxygen atoms in total. The first-order chi connectivity index (χ1) is 6.42. The lowest BCUT2D eigenvalue weighted by Crippen LogP contribution is -2.08. The molecule has 0 saturated heterocycles. The predicted molar refractivity (Wildman–Crippen MR) is 50.2 cm³/mol. The Hall–Kier alpha value is -0.830. The van der Waals surface area contributed by atoms with Gasteiger partial charge in [-0.1, -0.05) is 19.3 Å². The molecule has 0 unspecified atom stereocenters. The van der Waals surface area contributed by atoms with E-state index in [0.717, 1.165) is 11.5 Å². The first-order valence-electron chi connectivity index (χ1n) is 5.04. The lowest BCUT2D eigenvalue weighted by Gasteiger charge is -2.19. The molecule has 1 heterocycles. The van der Waals surface area contributed by atoms with Crippen LogP contribution in [-0.4, -0.2) is 4.98 Å². The van der Waals surface area contributed by atoms with Crippen LogP contribution in [0.15, 0.2) is 10.8 Å². The molecule has 2 rings (SSSR count).